The number of methoxy groups -OCH3 is 3. The predicted octanol–water partition coefficient (Wildman–Crippen LogP) is 3.69. The van der Waals surface area contributed by atoms with Gasteiger partial charge in [0, 0.05) is 95.7 Å². The van der Waals surface area contributed by atoms with Gasteiger partial charge in [0.25, 0.3) is 0 Å². The lowest BCUT2D eigenvalue weighted by atomic mass is 10.2. The van der Waals surface area contributed by atoms with Crippen LogP contribution >= 0.6 is 7.92 Å². The maximum absolute atomic E-state index is 5.99. The molecule has 0 saturated heterocycles. The second-order valence-electron chi connectivity index (χ2n) is 8.35. The van der Waals surface area contributed by atoms with Gasteiger partial charge in [-0.05, 0) is 24.3 Å². The van der Waals surface area contributed by atoms with Gasteiger partial charge in [-0.15, -0.1) is 0 Å². The second kappa shape index (κ2) is 11.4. The molecule has 1 atom stereocenters. The topological polar surface area (TPSA) is 58.2 Å². The van der Waals surface area contributed by atoms with E-state index in [2.05, 4.69) is 85.0 Å². The number of benzene rings is 3. The Hall–Kier alpha value is -3.31. The summed E-state index contributed by atoms with van der Waals surface area (Å²) in [4.78, 5) is 4.34. The third-order valence-corrected chi connectivity index (χ3v) is 8.61. The van der Waals surface area contributed by atoms with E-state index < -0.39 is 7.92 Å². The van der Waals surface area contributed by atoms with Crippen LogP contribution < -0.4 is 50.6 Å². The highest BCUT2D eigenvalue weighted by atomic mass is 31.1. The molecule has 3 rings (SSSR count). The molecule has 0 aliphatic carbocycles. The van der Waals surface area contributed by atoms with Crippen molar-refractivity contribution in [3.8, 4) is 17.2 Å². The molecule has 1 unspecified atom stereocenters. The molecule has 0 amide bonds. The smallest absolute Gasteiger partial charge is 0.134 e. The van der Waals surface area contributed by atoms with Crippen molar-refractivity contribution in [1.29, 1.82) is 0 Å². The molecule has 3 aromatic rings. The van der Waals surface area contributed by atoms with E-state index in [4.69, 9.17) is 14.2 Å². The van der Waals surface area contributed by atoms with Crippen molar-refractivity contribution >= 4 is 46.6 Å². The van der Waals surface area contributed by atoms with Crippen LogP contribution in [0.1, 0.15) is 0 Å². The van der Waals surface area contributed by atoms with Crippen LogP contribution in [0.25, 0.3) is 0 Å². The number of rotatable bonds is 10. The molecule has 0 spiro atoms. The molecule has 0 radical (unpaired) electrons. The van der Waals surface area contributed by atoms with Gasteiger partial charge in [-0.3, -0.25) is 0 Å². The predicted molar refractivity (Wildman–Crippen MR) is 153 cm³/mol. The van der Waals surface area contributed by atoms with E-state index in [0.717, 1.165) is 44.9 Å². The van der Waals surface area contributed by atoms with Gasteiger partial charge in [0.2, 0.25) is 0 Å². The summed E-state index contributed by atoms with van der Waals surface area (Å²) in [5.41, 5.74) is 4.35. The summed E-state index contributed by atoms with van der Waals surface area (Å²) in [5.74, 6) is 2.12. The van der Waals surface area contributed by atoms with Crippen molar-refractivity contribution in [3.05, 3.63) is 48.5 Å². The van der Waals surface area contributed by atoms with Crippen molar-refractivity contribution < 1.29 is 14.2 Å². The highest BCUT2D eigenvalue weighted by Crippen LogP contribution is 2.49. The Morgan fingerprint density at radius 3 is 1.46 bits per heavy atom. The zero-order chi connectivity index (χ0) is 25.7. The molecule has 0 saturated carbocycles. The minimum absolute atomic E-state index is 0.682. The molecule has 0 aliphatic rings. The third-order valence-electron chi connectivity index (χ3n) is 5.89. The van der Waals surface area contributed by atoms with Crippen LogP contribution in [-0.2, 0) is 0 Å². The molecule has 0 fully saturated rings. The minimum atomic E-state index is -1.19. The van der Waals surface area contributed by atoms with Gasteiger partial charge in [0.15, 0.2) is 0 Å². The van der Waals surface area contributed by atoms with Gasteiger partial charge < -0.3 is 34.6 Å². The van der Waals surface area contributed by atoms with Crippen molar-refractivity contribution in [1.82, 2.24) is 0 Å². The van der Waals surface area contributed by atoms with Crippen LogP contribution in [0.5, 0.6) is 17.2 Å². The largest absolute Gasteiger partial charge is 0.496 e. The van der Waals surface area contributed by atoms with E-state index >= 15 is 0 Å². The van der Waals surface area contributed by atoms with Crippen molar-refractivity contribution in [2.45, 2.75) is 0 Å². The molecule has 3 aromatic carbocycles. The molecule has 0 heterocycles. The van der Waals surface area contributed by atoms with Crippen molar-refractivity contribution in [2.24, 2.45) is 0 Å². The fourth-order valence-electron chi connectivity index (χ4n) is 4.20. The molecule has 7 nitrogen and oxygen atoms in total. The molecule has 0 aliphatic heterocycles. The number of hydrogen-bond acceptors (Lipinski definition) is 7. The summed E-state index contributed by atoms with van der Waals surface area (Å²) in [6.07, 6.45) is 0. The molecular weight excluding hydrogens is 459 g/mol. The lowest BCUT2D eigenvalue weighted by Gasteiger charge is -2.33. The Labute approximate surface area is 210 Å². The van der Waals surface area contributed by atoms with Crippen molar-refractivity contribution in [3.63, 3.8) is 0 Å². The Morgan fingerprint density at radius 2 is 1.09 bits per heavy atom. The maximum Gasteiger partial charge on any atom is 0.134 e. The lowest BCUT2D eigenvalue weighted by Crippen LogP contribution is -2.32. The van der Waals surface area contributed by atoms with Crippen LogP contribution in [0.3, 0.4) is 0 Å². The average molecular weight is 497 g/mol. The van der Waals surface area contributed by atoms with E-state index in [9.17, 15) is 0 Å². The molecule has 188 valence electrons. The average Bonchev–Trinajstić information content (AvgIpc) is 2.88. The molecule has 0 bridgehead atoms. The highest BCUT2D eigenvalue weighted by Gasteiger charge is 2.33. The summed E-state index contributed by atoms with van der Waals surface area (Å²) in [7, 11) is 16.1. The zero-order valence-corrected chi connectivity index (χ0v) is 23.1. The first-order valence-electron chi connectivity index (χ1n) is 11.4. The zero-order valence-electron chi connectivity index (χ0n) is 22.2. The number of hydrogen-bond donors (Lipinski definition) is 2. The van der Waals surface area contributed by atoms with E-state index in [0.29, 0.717) is 5.75 Å². The first kappa shape index (κ1) is 26.3. The minimum Gasteiger partial charge on any atom is -0.496 e. The first-order chi connectivity index (χ1) is 16.8. The fraction of sp³-hybridized carbons (Fsp3) is 0.333. The first-order valence-corrected chi connectivity index (χ1v) is 12.7. The number of nitrogens with one attached hydrogen (secondary N) is 2. The van der Waals surface area contributed by atoms with Gasteiger partial charge in [-0.2, -0.15) is 0 Å². The van der Waals surface area contributed by atoms with Crippen LogP contribution in [-0.4, -0.2) is 63.6 Å². The quantitative estimate of drug-likeness (QED) is 0.415. The van der Waals surface area contributed by atoms with Crippen LogP contribution in [0, 0.1) is 0 Å². The monoisotopic (exact) mass is 496 g/mol. The number of nitrogens with zero attached hydrogens (tertiary/aromatic N) is 2. The fourth-order valence-corrected chi connectivity index (χ4v) is 7.49. The highest BCUT2D eigenvalue weighted by molar-refractivity contribution is 7.81. The Morgan fingerprint density at radius 1 is 0.629 bits per heavy atom. The lowest BCUT2D eigenvalue weighted by molar-refractivity contribution is 0.380. The summed E-state index contributed by atoms with van der Waals surface area (Å²) in [5, 5.41) is 10.2. The Balaban J connectivity index is 2.59. The van der Waals surface area contributed by atoms with Gasteiger partial charge in [0.1, 0.15) is 17.2 Å². The van der Waals surface area contributed by atoms with Gasteiger partial charge >= 0.3 is 0 Å². The van der Waals surface area contributed by atoms with Crippen LogP contribution in [0.4, 0.5) is 22.7 Å². The summed E-state index contributed by atoms with van der Waals surface area (Å²) in [6.45, 7) is 0. The van der Waals surface area contributed by atoms with E-state index in [1.54, 1.807) is 21.3 Å². The van der Waals surface area contributed by atoms with Gasteiger partial charge in [0.05, 0.1) is 26.6 Å². The van der Waals surface area contributed by atoms with Gasteiger partial charge in [-0.1, -0.05) is 12.1 Å². The molecule has 8 heteroatoms. The van der Waals surface area contributed by atoms with E-state index in [1.807, 2.05) is 26.2 Å². The molecule has 2 N–H and O–H groups in total. The summed E-state index contributed by atoms with van der Waals surface area (Å²) >= 11 is 0. The van der Waals surface area contributed by atoms with Crippen LogP contribution in [0.2, 0.25) is 0 Å². The van der Waals surface area contributed by atoms with E-state index in [-0.39, 0.29) is 0 Å². The van der Waals surface area contributed by atoms with Gasteiger partial charge in [-0.25, -0.2) is 0 Å². The Kier molecular flexibility index (Phi) is 8.57. The van der Waals surface area contributed by atoms with Crippen LogP contribution in [0.15, 0.2) is 48.5 Å². The second-order valence-corrected chi connectivity index (χ2v) is 10.4. The summed E-state index contributed by atoms with van der Waals surface area (Å²) < 4.78 is 17.5. The summed E-state index contributed by atoms with van der Waals surface area (Å²) in [6, 6.07) is 16.6. The SMILES string of the molecule is CNc1cccc(NC)c1P(c1c(OC)cc(OC)cc1OC)c1c(N(C)C)cccc1N(C)C. The standard InChI is InChI=1S/C27H37N4O3P/c1-28-19-12-10-13-20(29-2)25(19)35(26-21(30(3)4)14-11-15-22(26)31(5)6)27-23(33-8)16-18(32-7)17-24(27)34-9/h10-17,28-29H,1-9H3. The molecule has 35 heavy (non-hydrogen) atoms. The normalized spacial score (nSPS) is 11.5. The van der Waals surface area contributed by atoms with E-state index in [1.165, 1.54) is 5.30 Å². The maximum atomic E-state index is 5.99. The molecule has 0 aromatic heterocycles. The van der Waals surface area contributed by atoms with Crippen molar-refractivity contribution in [2.75, 3.05) is 84.0 Å². The third kappa shape index (κ3) is 5.06. The molecular formula is C27H37N4O3P. The number of ether oxygens (including phenoxy) is 3. The Bertz CT molecular complexity index is 1090. The number of anilines is 4.